The summed E-state index contributed by atoms with van der Waals surface area (Å²) in [5.41, 5.74) is 7.88. The van der Waals surface area contributed by atoms with Crippen LogP contribution in [0, 0.1) is 0 Å². The Hall–Kier alpha value is -4.04. The zero-order valence-corrected chi connectivity index (χ0v) is 16.4. The lowest BCUT2D eigenvalue weighted by atomic mass is 9.98. The van der Waals surface area contributed by atoms with Crippen molar-refractivity contribution in [2.75, 3.05) is 5.32 Å². The maximum atomic E-state index is 12.8. The van der Waals surface area contributed by atoms with Crippen LogP contribution in [0.15, 0.2) is 72.2 Å². The van der Waals surface area contributed by atoms with E-state index < -0.39 is 11.8 Å². The van der Waals surface area contributed by atoms with Crippen molar-refractivity contribution in [1.82, 2.24) is 9.97 Å². The van der Waals surface area contributed by atoms with Gasteiger partial charge in [0.2, 0.25) is 0 Å². The number of anilines is 1. The molecule has 0 aliphatic carbocycles. The number of H-pyrrole nitrogens is 1. The summed E-state index contributed by atoms with van der Waals surface area (Å²) in [5.74, 6) is -1.22. The largest absolute Gasteiger partial charge is 0.364 e. The molecule has 0 aliphatic heterocycles. The molecule has 0 aliphatic rings. The van der Waals surface area contributed by atoms with E-state index in [0.717, 1.165) is 0 Å². The zero-order valence-electron chi connectivity index (χ0n) is 15.6. The van der Waals surface area contributed by atoms with Crippen LogP contribution in [0.1, 0.15) is 36.8 Å². The number of nitrogens with one attached hydrogen (secondary N) is 2. The highest BCUT2D eigenvalue weighted by molar-refractivity contribution is 7.14. The molecule has 30 heavy (non-hydrogen) atoms. The Bertz CT molecular complexity index is 1240. The number of rotatable bonds is 6. The van der Waals surface area contributed by atoms with Gasteiger partial charge in [0.15, 0.2) is 10.9 Å². The molecular formula is C22H16N4O3S. The average molecular weight is 416 g/mol. The fraction of sp³-hybridized carbons (Fsp3) is 0. The maximum Gasteiger partial charge on any atom is 0.265 e. The number of amides is 2. The second kappa shape index (κ2) is 8.14. The summed E-state index contributed by atoms with van der Waals surface area (Å²) < 4.78 is 0. The second-order valence-electron chi connectivity index (χ2n) is 6.40. The number of carbonyl (C=O) groups is 3. The number of aromatic amines is 1. The number of nitrogens with zero attached hydrogens (tertiary/aromatic N) is 1. The van der Waals surface area contributed by atoms with Gasteiger partial charge in [-0.25, -0.2) is 4.98 Å². The Labute approximate surface area is 175 Å². The molecule has 0 unspecified atom stereocenters. The lowest BCUT2D eigenvalue weighted by Gasteiger charge is -2.08. The van der Waals surface area contributed by atoms with Crippen LogP contribution in [0.2, 0.25) is 0 Å². The molecular weight excluding hydrogens is 400 g/mol. The lowest BCUT2D eigenvalue weighted by Crippen LogP contribution is -2.16. The van der Waals surface area contributed by atoms with Crippen molar-refractivity contribution in [2.24, 2.45) is 5.73 Å². The average Bonchev–Trinajstić information content (AvgIpc) is 3.43. The van der Waals surface area contributed by atoms with Crippen LogP contribution in [-0.4, -0.2) is 27.6 Å². The molecule has 0 saturated carbocycles. The van der Waals surface area contributed by atoms with Gasteiger partial charge in [-0.1, -0.05) is 48.5 Å². The molecule has 0 spiro atoms. The number of benzene rings is 2. The normalized spacial score (nSPS) is 10.5. The van der Waals surface area contributed by atoms with Gasteiger partial charge < -0.3 is 10.7 Å². The van der Waals surface area contributed by atoms with Crippen LogP contribution in [0.3, 0.4) is 0 Å². The number of thiazole rings is 1. The Morgan fingerprint density at radius 2 is 1.67 bits per heavy atom. The predicted molar refractivity (Wildman–Crippen MR) is 115 cm³/mol. The Balaban J connectivity index is 1.56. The van der Waals surface area contributed by atoms with Crippen molar-refractivity contribution in [1.29, 1.82) is 0 Å². The summed E-state index contributed by atoms with van der Waals surface area (Å²) in [7, 11) is 0. The molecule has 2 aromatic carbocycles. The third-order valence-corrected chi connectivity index (χ3v) is 5.18. The van der Waals surface area contributed by atoms with Gasteiger partial charge in [-0.3, -0.25) is 19.7 Å². The van der Waals surface area contributed by atoms with Crippen molar-refractivity contribution >= 4 is 34.1 Å². The maximum absolute atomic E-state index is 12.8. The minimum absolute atomic E-state index is 0.229. The summed E-state index contributed by atoms with van der Waals surface area (Å²) >= 11 is 1.24. The van der Waals surface area contributed by atoms with Gasteiger partial charge in [0.05, 0.1) is 11.3 Å². The molecule has 0 fully saturated rings. The van der Waals surface area contributed by atoms with Crippen LogP contribution in [-0.2, 0) is 0 Å². The highest BCUT2D eigenvalue weighted by atomic mass is 32.1. The number of aromatic nitrogens is 2. The van der Waals surface area contributed by atoms with Crippen LogP contribution < -0.4 is 11.1 Å². The monoisotopic (exact) mass is 416 g/mol. The van der Waals surface area contributed by atoms with E-state index >= 15 is 0 Å². The lowest BCUT2D eigenvalue weighted by molar-refractivity contribution is 0.0993. The van der Waals surface area contributed by atoms with E-state index in [1.165, 1.54) is 11.3 Å². The van der Waals surface area contributed by atoms with Crippen LogP contribution in [0.25, 0.3) is 11.3 Å². The van der Waals surface area contributed by atoms with Gasteiger partial charge >= 0.3 is 0 Å². The van der Waals surface area contributed by atoms with Crippen LogP contribution in [0.4, 0.5) is 5.13 Å². The summed E-state index contributed by atoms with van der Waals surface area (Å²) in [6.07, 6.45) is 1.62. The third-order valence-electron chi connectivity index (χ3n) is 4.42. The molecule has 0 bridgehead atoms. The number of ketones is 1. The topological polar surface area (TPSA) is 118 Å². The SMILES string of the molecule is NC(=O)c1cc(-c2csc(NC(=O)c3ccccc3C(=O)c3ccccc3)n2)c[nH]1. The van der Waals surface area contributed by atoms with Gasteiger partial charge in [0.25, 0.3) is 11.8 Å². The third kappa shape index (κ3) is 3.89. The number of nitrogens with two attached hydrogens (primary N) is 1. The van der Waals surface area contributed by atoms with Crippen molar-refractivity contribution in [3.63, 3.8) is 0 Å². The van der Waals surface area contributed by atoms with E-state index in [1.807, 2.05) is 6.07 Å². The van der Waals surface area contributed by atoms with Gasteiger partial charge in [-0.2, -0.15) is 0 Å². The van der Waals surface area contributed by atoms with E-state index in [9.17, 15) is 14.4 Å². The molecule has 148 valence electrons. The molecule has 7 nitrogen and oxygen atoms in total. The molecule has 4 aromatic rings. The van der Waals surface area contributed by atoms with Crippen molar-refractivity contribution in [2.45, 2.75) is 0 Å². The first-order chi connectivity index (χ1) is 14.5. The fourth-order valence-electron chi connectivity index (χ4n) is 2.94. The first kappa shape index (κ1) is 19.3. The Morgan fingerprint density at radius 3 is 2.37 bits per heavy atom. The predicted octanol–water partition coefficient (Wildman–Crippen LogP) is 3.72. The van der Waals surface area contributed by atoms with Crippen molar-refractivity contribution in [3.05, 3.63) is 94.6 Å². The molecule has 0 atom stereocenters. The minimum atomic E-state index is -0.565. The minimum Gasteiger partial charge on any atom is -0.364 e. The van der Waals surface area contributed by atoms with Crippen LogP contribution >= 0.6 is 11.3 Å². The fourth-order valence-corrected chi connectivity index (χ4v) is 3.65. The molecule has 0 saturated heterocycles. The smallest absolute Gasteiger partial charge is 0.265 e. The molecule has 8 heteroatoms. The highest BCUT2D eigenvalue weighted by Crippen LogP contribution is 2.26. The number of hydrogen-bond donors (Lipinski definition) is 3. The first-order valence-corrected chi connectivity index (χ1v) is 9.85. The summed E-state index contributed by atoms with van der Waals surface area (Å²) in [6, 6.07) is 17.0. The zero-order chi connectivity index (χ0) is 21.1. The molecule has 2 aromatic heterocycles. The van der Waals surface area contributed by atoms with Gasteiger partial charge in [0.1, 0.15) is 5.69 Å². The van der Waals surface area contributed by atoms with Crippen molar-refractivity contribution < 1.29 is 14.4 Å². The quantitative estimate of drug-likeness (QED) is 0.415. The first-order valence-electron chi connectivity index (χ1n) is 8.97. The van der Waals surface area contributed by atoms with Gasteiger partial charge in [-0.15, -0.1) is 11.3 Å². The molecule has 0 radical (unpaired) electrons. The molecule has 4 N–H and O–H groups in total. The summed E-state index contributed by atoms with van der Waals surface area (Å²) in [4.78, 5) is 44.1. The number of hydrogen-bond acceptors (Lipinski definition) is 5. The van der Waals surface area contributed by atoms with E-state index in [-0.39, 0.29) is 17.0 Å². The second-order valence-corrected chi connectivity index (χ2v) is 7.26. The van der Waals surface area contributed by atoms with E-state index in [4.69, 9.17) is 5.73 Å². The highest BCUT2D eigenvalue weighted by Gasteiger charge is 2.19. The molecule has 2 amide bonds. The molecule has 2 heterocycles. The van der Waals surface area contributed by atoms with Gasteiger partial charge in [-0.05, 0) is 12.1 Å². The summed E-state index contributed by atoms with van der Waals surface area (Å²) in [6.45, 7) is 0. The van der Waals surface area contributed by atoms with E-state index in [0.29, 0.717) is 27.5 Å². The Kier molecular flexibility index (Phi) is 5.23. The van der Waals surface area contributed by atoms with E-state index in [2.05, 4.69) is 15.3 Å². The van der Waals surface area contributed by atoms with Gasteiger partial charge in [0, 0.05) is 28.3 Å². The van der Waals surface area contributed by atoms with Crippen molar-refractivity contribution in [3.8, 4) is 11.3 Å². The Morgan fingerprint density at radius 1 is 0.967 bits per heavy atom. The number of primary amides is 1. The number of carbonyl (C=O) groups excluding carboxylic acids is 3. The van der Waals surface area contributed by atoms with Crippen LogP contribution in [0.5, 0.6) is 0 Å². The molecule has 4 rings (SSSR count). The summed E-state index contributed by atoms with van der Waals surface area (Å²) in [5, 5.41) is 4.87. The standard InChI is InChI=1S/C22H16N4O3S/c23-20(28)17-10-14(11-24-17)18-12-30-22(25-18)26-21(29)16-9-5-4-8-15(16)19(27)13-6-2-1-3-7-13/h1-12,24H,(H2,23,28)(H,25,26,29). The van der Waals surface area contributed by atoms with E-state index in [1.54, 1.807) is 66.2 Å².